The predicted octanol–water partition coefficient (Wildman–Crippen LogP) is 2.93. The number of amides is 1. The van der Waals surface area contributed by atoms with Crippen molar-refractivity contribution in [3.05, 3.63) is 46.8 Å². The van der Waals surface area contributed by atoms with Crippen LogP contribution in [-0.4, -0.2) is 53.4 Å². The van der Waals surface area contributed by atoms with Gasteiger partial charge in [0, 0.05) is 31.1 Å². The average Bonchev–Trinajstić information content (AvgIpc) is 3.36. The number of H-pyrrole nitrogens is 1. The van der Waals surface area contributed by atoms with Gasteiger partial charge in [-0.15, -0.1) is 10.2 Å². The first-order chi connectivity index (χ1) is 14.1. The normalized spacial score (nSPS) is 15.0. The first kappa shape index (κ1) is 19.5. The largest absolute Gasteiger partial charge is 0.341 e. The van der Waals surface area contributed by atoms with Gasteiger partial charge < -0.3 is 9.47 Å². The van der Waals surface area contributed by atoms with Crippen molar-refractivity contribution in [2.75, 3.05) is 13.1 Å². The highest BCUT2D eigenvalue weighted by Gasteiger charge is 2.27. The Balaban J connectivity index is 1.44. The van der Waals surface area contributed by atoms with Crippen molar-refractivity contribution in [1.82, 2.24) is 34.4 Å². The summed E-state index contributed by atoms with van der Waals surface area (Å²) in [7, 11) is 0. The summed E-state index contributed by atoms with van der Waals surface area (Å²) in [6.45, 7) is 6.61. The predicted molar refractivity (Wildman–Crippen MR) is 112 cm³/mol. The fraction of sp³-hybridized carbons (Fsp3) is 0.450. The number of nitrogens with one attached hydrogen (secondary N) is 1. The Morgan fingerprint density at radius 3 is 2.66 bits per heavy atom. The molecule has 152 valence electrons. The standard InChI is InChI=1S/C20H25N7OS/c1-3-25-13-21-22-18(25)16-8-10-26(11-9-16)17(28)12-27-19(23-24-20(27)29)15-6-4-14(2)5-7-15/h4-7,13,16H,3,8-12H2,1-2H3,(H,24,29). The number of nitrogens with zero attached hydrogens (tertiary/aromatic N) is 6. The smallest absolute Gasteiger partial charge is 0.242 e. The molecular formula is C20H25N7OS. The van der Waals surface area contributed by atoms with Gasteiger partial charge >= 0.3 is 0 Å². The monoisotopic (exact) mass is 411 g/mol. The van der Waals surface area contributed by atoms with Crippen LogP contribution < -0.4 is 0 Å². The SMILES string of the molecule is CCn1cnnc1C1CCN(C(=O)Cn2c(-c3ccc(C)cc3)n[nH]c2=S)CC1. The number of aromatic nitrogens is 6. The van der Waals surface area contributed by atoms with Crippen molar-refractivity contribution in [1.29, 1.82) is 0 Å². The minimum atomic E-state index is 0.0614. The van der Waals surface area contributed by atoms with E-state index < -0.39 is 0 Å². The zero-order chi connectivity index (χ0) is 20.4. The lowest BCUT2D eigenvalue weighted by atomic mass is 9.96. The van der Waals surface area contributed by atoms with Gasteiger partial charge in [0.1, 0.15) is 18.7 Å². The van der Waals surface area contributed by atoms with Crippen molar-refractivity contribution in [3.8, 4) is 11.4 Å². The number of hydrogen-bond acceptors (Lipinski definition) is 5. The maximum Gasteiger partial charge on any atom is 0.242 e. The molecule has 0 unspecified atom stereocenters. The molecule has 0 saturated carbocycles. The molecule has 1 amide bonds. The number of piperidine rings is 1. The van der Waals surface area contributed by atoms with Crippen LogP contribution in [0.1, 0.15) is 37.1 Å². The second kappa shape index (κ2) is 8.28. The molecule has 0 aliphatic carbocycles. The van der Waals surface area contributed by atoms with Crippen LogP contribution in [0.5, 0.6) is 0 Å². The number of rotatable bonds is 5. The van der Waals surface area contributed by atoms with E-state index in [0.29, 0.717) is 29.6 Å². The molecule has 1 fully saturated rings. The fourth-order valence-corrected chi connectivity index (χ4v) is 4.03. The maximum absolute atomic E-state index is 13.0. The van der Waals surface area contributed by atoms with E-state index in [9.17, 15) is 4.79 Å². The maximum atomic E-state index is 13.0. The van der Waals surface area contributed by atoms with E-state index in [1.165, 1.54) is 5.56 Å². The van der Waals surface area contributed by atoms with Crippen LogP contribution in [0.4, 0.5) is 0 Å². The van der Waals surface area contributed by atoms with Crippen molar-refractivity contribution in [2.24, 2.45) is 0 Å². The van der Waals surface area contributed by atoms with Gasteiger partial charge in [0.05, 0.1) is 0 Å². The summed E-state index contributed by atoms with van der Waals surface area (Å²) in [5.74, 6) is 2.12. The fourth-order valence-electron chi connectivity index (χ4n) is 3.83. The third-order valence-electron chi connectivity index (χ3n) is 5.56. The van der Waals surface area contributed by atoms with Gasteiger partial charge in [-0.25, -0.2) is 0 Å². The Morgan fingerprint density at radius 2 is 1.97 bits per heavy atom. The van der Waals surface area contributed by atoms with Gasteiger partial charge in [0.2, 0.25) is 5.91 Å². The summed E-state index contributed by atoms with van der Waals surface area (Å²) in [5, 5.41) is 15.5. The minimum Gasteiger partial charge on any atom is -0.341 e. The van der Waals surface area contributed by atoms with Crippen molar-refractivity contribution < 1.29 is 4.79 Å². The molecule has 8 nitrogen and oxygen atoms in total. The van der Waals surface area contributed by atoms with Crippen LogP contribution in [0.3, 0.4) is 0 Å². The summed E-state index contributed by atoms with van der Waals surface area (Å²) in [5.41, 5.74) is 2.11. The molecule has 29 heavy (non-hydrogen) atoms. The number of carbonyl (C=O) groups is 1. The topological polar surface area (TPSA) is 84.6 Å². The Hall–Kier alpha value is -2.81. The van der Waals surface area contributed by atoms with E-state index in [2.05, 4.69) is 31.9 Å². The molecule has 2 aromatic heterocycles. The number of likely N-dealkylation sites (tertiary alicyclic amines) is 1. The molecule has 4 rings (SSSR count). The highest BCUT2D eigenvalue weighted by molar-refractivity contribution is 7.71. The minimum absolute atomic E-state index is 0.0614. The quantitative estimate of drug-likeness (QED) is 0.653. The van der Waals surface area contributed by atoms with Crippen molar-refractivity contribution in [3.63, 3.8) is 0 Å². The van der Waals surface area contributed by atoms with Crippen LogP contribution >= 0.6 is 12.2 Å². The summed E-state index contributed by atoms with van der Waals surface area (Å²) in [6.07, 6.45) is 3.57. The van der Waals surface area contributed by atoms with Crippen LogP contribution in [0.25, 0.3) is 11.4 Å². The van der Waals surface area contributed by atoms with E-state index in [1.54, 1.807) is 10.9 Å². The highest BCUT2D eigenvalue weighted by Crippen LogP contribution is 2.27. The lowest BCUT2D eigenvalue weighted by Crippen LogP contribution is -2.40. The third kappa shape index (κ3) is 4.00. The zero-order valence-electron chi connectivity index (χ0n) is 16.7. The lowest BCUT2D eigenvalue weighted by Gasteiger charge is -2.31. The molecule has 0 bridgehead atoms. The van der Waals surface area contributed by atoms with Crippen LogP contribution in [-0.2, 0) is 17.9 Å². The number of carbonyl (C=O) groups excluding carboxylic acids is 1. The van der Waals surface area contributed by atoms with E-state index >= 15 is 0 Å². The van der Waals surface area contributed by atoms with Gasteiger partial charge in [0.15, 0.2) is 10.6 Å². The number of hydrogen-bond donors (Lipinski definition) is 1. The number of aromatic amines is 1. The molecule has 1 aliphatic rings. The summed E-state index contributed by atoms with van der Waals surface area (Å²) in [4.78, 5) is 14.9. The molecule has 1 N–H and O–H groups in total. The highest BCUT2D eigenvalue weighted by atomic mass is 32.1. The molecule has 1 aromatic carbocycles. The van der Waals surface area contributed by atoms with Crippen molar-refractivity contribution in [2.45, 2.75) is 45.7 Å². The second-order valence-corrected chi connectivity index (χ2v) is 7.82. The van der Waals surface area contributed by atoms with Gasteiger partial charge in [-0.1, -0.05) is 29.8 Å². The van der Waals surface area contributed by atoms with E-state index in [0.717, 1.165) is 30.8 Å². The molecule has 3 heterocycles. The van der Waals surface area contributed by atoms with Gasteiger partial charge in [-0.05, 0) is 38.9 Å². The summed E-state index contributed by atoms with van der Waals surface area (Å²) in [6, 6.07) is 8.05. The second-order valence-electron chi connectivity index (χ2n) is 7.43. The Kier molecular flexibility index (Phi) is 5.57. The zero-order valence-corrected chi connectivity index (χ0v) is 17.5. The third-order valence-corrected chi connectivity index (χ3v) is 5.87. The Bertz CT molecular complexity index is 1040. The van der Waals surface area contributed by atoms with Crippen molar-refractivity contribution >= 4 is 18.1 Å². The molecule has 0 spiro atoms. The molecule has 0 atom stereocenters. The summed E-state index contributed by atoms with van der Waals surface area (Å²) < 4.78 is 4.32. The van der Waals surface area contributed by atoms with Gasteiger partial charge in [-0.3, -0.25) is 14.5 Å². The van der Waals surface area contributed by atoms with Gasteiger partial charge in [-0.2, -0.15) is 5.10 Å². The Morgan fingerprint density at radius 1 is 1.24 bits per heavy atom. The molecule has 1 saturated heterocycles. The molecule has 3 aromatic rings. The first-order valence-corrected chi connectivity index (χ1v) is 10.4. The van der Waals surface area contributed by atoms with Crippen LogP contribution in [0, 0.1) is 11.7 Å². The number of aryl methyl sites for hydroxylation is 2. The molecular weight excluding hydrogens is 386 g/mol. The summed E-state index contributed by atoms with van der Waals surface area (Å²) >= 11 is 5.38. The van der Waals surface area contributed by atoms with E-state index in [1.807, 2.05) is 36.1 Å². The van der Waals surface area contributed by atoms with E-state index in [-0.39, 0.29) is 12.5 Å². The van der Waals surface area contributed by atoms with E-state index in [4.69, 9.17) is 12.2 Å². The first-order valence-electron chi connectivity index (χ1n) is 9.94. The average molecular weight is 412 g/mol. The molecule has 1 aliphatic heterocycles. The lowest BCUT2D eigenvalue weighted by molar-refractivity contribution is -0.132. The number of benzene rings is 1. The van der Waals surface area contributed by atoms with Crippen LogP contribution in [0.15, 0.2) is 30.6 Å². The Labute approximate surface area is 174 Å². The van der Waals surface area contributed by atoms with Gasteiger partial charge in [0.25, 0.3) is 0 Å². The molecule has 0 radical (unpaired) electrons. The molecule has 9 heteroatoms. The van der Waals surface area contributed by atoms with Crippen LogP contribution in [0.2, 0.25) is 0 Å².